The van der Waals surface area contributed by atoms with Crippen molar-refractivity contribution in [3.63, 3.8) is 0 Å². The first-order valence-corrected chi connectivity index (χ1v) is 10.2. The van der Waals surface area contributed by atoms with Gasteiger partial charge in [-0.05, 0) is 56.0 Å². The van der Waals surface area contributed by atoms with E-state index in [0.29, 0.717) is 0 Å². The van der Waals surface area contributed by atoms with Crippen molar-refractivity contribution in [2.24, 2.45) is 5.41 Å². The maximum atomic E-state index is 12.6. The van der Waals surface area contributed by atoms with Gasteiger partial charge in [-0.3, -0.25) is 9.32 Å². The molecule has 1 unspecified atom stereocenters. The van der Waals surface area contributed by atoms with E-state index in [2.05, 4.69) is 45.0 Å². The lowest BCUT2D eigenvalue weighted by Gasteiger charge is -2.40. The highest BCUT2D eigenvalue weighted by atomic mass is 16.5. The lowest BCUT2D eigenvalue weighted by molar-refractivity contribution is -0.751. The molecule has 28 heavy (non-hydrogen) atoms. The molecule has 1 N–H and O–H groups in total. The summed E-state index contributed by atoms with van der Waals surface area (Å²) in [5, 5.41) is 2.45. The fraction of sp³-hybridized carbons (Fsp3) is 0.571. The number of likely N-dealkylation sites (tertiary alicyclic amines) is 2. The topological polar surface area (TPSA) is 73.4 Å². The van der Waals surface area contributed by atoms with Crippen LogP contribution in [0.4, 0.5) is 0 Å². The molecule has 150 valence electrons. The zero-order valence-corrected chi connectivity index (χ0v) is 16.3. The molecule has 0 saturated carbocycles. The largest absolute Gasteiger partial charge is 0.426 e. The highest BCUT2D eigenvalue weighted by molar-refractivity contribution is 5.75. The monoisotopic (exact) mass is 385 g/mol. The number of piperidine rings is 1. The molecule has 4 rings (SSSR count). The summed E-state index contributed by atoms with van der Waals surface area (Å²) in [6.45, 7) is 5.13. The van der Waals surface area contributed by atoms with E-state index >= 15 is 0 Å². The molecular weight excluding hydrogens is 356 g/mol. The van der Waals surface area contributed by atoms with E-state index in [4.69, 9.17) is 0 Å². The van der Waals surface area contributed by atoms with Crippen molar-refractivity contribution in [1.82, 2.24) is 15.1 Å². The van der Waals surface area contributed by atoms with E-state index in [-0.39, 0.29) is 17.9 Å². The molecule has 2 fully saturated rings. The van der Waals surface area contributed by atoms with Gasteiger partial charge in [-0.2, -0.15) is 0 Å². The second kappa shape index (κ2) is 8.31. The summed E-state index contributed by atoms with van der Waals surface area (Å²) < 4.78 is 6.04. The van der Waals surface area contributed by atoms with Crippen LogP contribution >= 0.6 is 0 Å². The summed E-state index contributed by atoms with van der Waals surface area (Å²) in [4.78, 5) is 28.2. The number of aromatic amines is 1. The molecule has 1 spiro atoms. The maximum Gasteiger partial charge on any atom is 0.426 e. The molecule has 0 aliphatic carbocycles. The van der Waals surface area contributed by atoms with Crippen LogP contribution in [0.5, 0.6) is 0 Å². The second-order valence-corrected chi connectivity index (χ2v) is 8.30. The summed E-state index contributed by atoms with van der Waals surface area (Å²) in [6, 6.07) is 10.7. The van der Waals surface area contributed by atoms with Crippen molar-refractivity contribution in [2.75, 3.05) is 32.7 Å². The molecule has 1 aromatic carbocycles. The summed E-state index contributed by atoms with van der Waals surface area (Å²) in [5.41, 5.74) is 1.17. The summed E-state index contributed by atoms with van der Waals surface area (Å²) in [6.07, 6.45) is 7.04. The van der Waals surface area contributed by atoms with Crippen molar-refractivity contribution in [3.05, 3.63) is 52.5 Å². The molecule has 1 amide bonds. The Hall–Kier alpha value is -2.41. The van der Waals surface area contributed by atoms with Gasteiger partial charge in [0, 0.05) is 25.0 Å². The van der Waals surface area contributed by atoms with Gasteiger partial charge < -0.3 is 9.80 Å². The van der Waals surface area contributed by atoms with Gasteiger partial charge in [-0.25, -0.2) is 4.79 Å². The Bertz CT molecular complexity index is 847. The van der Waals surface area contributed by atoms with Gasteiger partial charge in [0.05, 0.1) is 0 Å². The van der Waals surface area contributed by atoms with E-state index in [1.807, 2.05) is 4.90 Å². The van der Waals surface area contributed by atoms with Crippen LogP contribution in [0.25, 0.3) is 0 Å². The third-order valence-corrected chi connectivity index (χ3v) is 6.14. The van der Waals surface area contributed by atoms with Gasteiger partial charge in [0.15, 0.2) is 0 Å². The van der Waals surface area contributed by atoms with Crippen LogP contribution in [0.15, 0.2) is 45.8 Å². The molecule has 2 saturated heterocycles. The van der Waals surface area contributed by atoms with Crippen LogP contribution in [0.3, 0.4) is 0 Å². The number of aryl methyl sites for hydroxylation is 1. The summed E-state index contributed by atoms with van der Waals surface area (Å²) in [5.74, 6) is 0.0418. The Kier molecular flexibility index (Phi) is 5.62. The fourth-order valence-corrected chi connectivity index (χ4v) is 4.74. The predicted molar refractivity (Wildman–Crippen MR) is 104 cm³/mol. The number of carbonyl (C=O) groups excluding carboxylic acids is 1. The van der Waals surface area contributed by atoms with Crippen LogP contribution in [0.1, 0.15) is 31.2 Å². The minimum absolute atomic E-state index is 0.0418. The Balaban J connectivity index is 1.27. The minimum atomic E-state index is -0.468. The lowest BCUT2D eigenvalue weighted by Crippen LogP contribution is -2.48. The molecule has 7 heteroatoms. The molecule has 2 aliphatic rings. The van der Waals surface area contributed by atoms with Crippen LogP contribution in [-0.2, 0) is 17.8 Å². The van der Waals surface area contributed by atoms with Crippen LogP contribution in [-0.4, -0.2) is 53.7 Å². The average molecular weight is 385 g/mol. The van der Waals surface area contributed by atoms with Gasteiger partial charge in [-0.1, -0.05) is 35.0 Å². The maximum absolute atomic E-state index is 12.6. The molecule has 0 bridgehead atoms. The number of rotatable bonds is 6. The Morgan fingerprint density at radius 2 is 2.04 bits per heavy atom. The summed E-state index contributed by atoms with van der Waals surface area (Å²) >= 11 is 0. The molecule has 1 atom stereocenters. The highest BCUT2D eigenvalue weighted by Gasteiger charge is 2.43. The average Bonchev–Trinajstić information content (AvgIpc) is 3.29. The lowest BCUT2D eigenvalue weighted by atomic mass is 9.79. The summed E-state index contributed by atoms with van der Waals surface area (Å²) in [7, 11) is 0. The predicted octanol–water partition coefficient (Wildman–Crippen LogP) is 1.20. The molecule has 2 aliphatic heterocycles. The zero-order valence-electron chi connectivity index (χ0n) is 16.3. The quantitative estimate of drug-likeness (QED) is 0.759. The highest BCUT2D eigenvalue weighted by Crippen LogP contribution is 2.39. The van der Waals surface area contributed by atoms with Crippen LogP contribution < -0.4 is 10.3 Å². The van der Waals surface area contributed by atoms with E-state index in [1.54, 1.807) is 0 Å². The van der Waals surface area contributed by atoms with Gasteiger partial charge in [0.2, 0.25) is 0 Å². The normalized spacial score (nSPS) is 22.8. The van der Waals surface area contributed by atoms with Crippen LogP contribution in [0, 0.1) is 5.41 Å². The second-order valence-electron chi connectivity index (χ2n) is 8.30. The van der Waals surface area contributed by atoms with Gasteiger partial charge >= 0.3 is 5.63 Å². The van der Waals surface area contributed by atoms with Crippen LogP contribution in [0.2, 0.25) is 0 Å². The van der Waals surface area contributed by atoms with Crippen molar-refractivity contribution >= 4 is 5.91 Å². The van der Waals surface area contributed by atoms with Gasteiger partial charge in [-0.15, -0.1) is 0 Å². The molecule has 7 nitrogen and oxygen atoms in total. The van der Waals surface area contributed by atoms with E-state index in [0.717, 1.165) is 45.6 Å². The number of hydrogen-bond donors (Lipinski definition) is 1. The first kappa shape index (κ1) is 18.9. The molecule has 0 radical (unpaired) electrons. The standard InChI is InChI=1S/C21H28N4O3/c26-19(14-25-15-20(27)28-22-25)24-13-10-21(17-24)9-5-12-23(16-21)11-4-8-18-6-2-1-3-7-18/h1-3,6-7,15H,4-5,8-14,16-17H2/p+1. The van der Waals surface area contributed by atoms with Crippen molar-refractivity contribution < 1.29 is 14.0 Å². The molecule has 1 aromatic heterocycles. The fourth-order valence-electron chi connectivity index (χ4n) is 4.74. The Morgan fingerprint density at radius 3 is 2.82 bits per heavy atom. The number of benzene rings is 1. The van der Waals surface area contributed by atoms with Crippen molar-refractivity contribution in [3.8, 4) is 0 Å². The number of carbonyl (C=O) groups is 1. The van der Waals surface area contributed by atoms with Gasteiger partial charge in [0.1, 0.15) is 0 Å². The number of nitrogens with zero attached hydrogens (tertiary/aromatic N) is 3. The minimum Gasteiger partial charge on any atom is -0.337 e. The Labute approximate surface area is 164 Å². The molecular formula is C21H29N4O3+. The number of aromatic nitrogens is 2. The number of amides is 1. The number of nitrogens with one attached hydrogen (secondary N) is 1. The van der Waals surface area contributed by atoms with E-state index < -0.39 is 5.63 Å². The number of H-pyrrole nitrogens is 1. The zero-order chi connectivity index (χ0) is 19.4. The first-order chi connectivity index (χ1) is 13.6. The van der Waals surface area contributed by atoms with Crippen molar-refractivity contribution in [1.29, 1.82) is 0 Å². The molecule has 3 heterocycles. The third kappa shape index (κ3) is 4.52. The number of hydrogen-bond acceptors (Lipinski definition) is 4. The smallest absolute Gasteiger partial charge is 0.337 e. The molecule has 2 aromatic rings. The van der Waals surface area contributed by atoms with Crippen molar-refractivity contribution in [2.45, 2.75) is 38.6 Å². The SMILES string of the molecule is O=C(C[n+]1cc(=O)o[nH]1)N1CCC2(CCCN(CCCc3ccccc3)C2)C1. The Morgan fingerprint density at radius 1 is 1.18 bits per heavy atom. The first-order valence-electron chi connectivity index (χ1n) is 10.2. The van der Waals surface area contributed by atoms with E-state index in [9.17, 15) is 9.59 Å². The van der Waals surface area contributed by atoms with Gasteiger partial charge in [0.25, 0.3) is 18.6 Å². The van der Waals surface area contributed by atoms with E-state index in [1.165, 1.54) is 35.7 Å². The third-order valence-electron chi connectivity index (χ3n) is 6.14.